The van der Waals surface area contributed by atoms with E-state index in [0.717, 1.165) is 18.5 Å². The van der Waals surface area contributed by atoms with Crippen LogP contribution in [0.5, 0.6) is 0 Å². The Balaban J connectivity index is 1.48. The third-order valence-electron chi connectivity index (χ3n) is 5.57. The van der Waals surface area contributed by atoms with Crippen LogP contribution in [0.2, 0.25) is 0 Å². The van der Waals surface area contributed by atoms with Gasteiger partial charge < -0.3 is 10.2 Å². The lowest BCUT2D eigenvalue weighted by Crippen LogP contribution is -2.64. The topological polar surface area (TPSA) is 27.6 Å². The predicted molar refractivity (Wildman–Crippen MR) is 91.1 cm³/mol. The van der Waals surface area contributed by atoms with Crippen molar-refractivity contribution in [1.82, 2.24) is 10.2 Å². The molecule has 1 aromatic carbocycles. The van der Waals surface area contributed by atoms with E-state index in [9.17, 15) is 0 Å². The molecule has 1 aromatic rings. The molecule has 2 saturated heterocycles. The second kappa shape index (κ2) is 5.94. The number of rotatable bonds is 3. The lowest BCUT2D eigenvalue weighted by molar-refractivity contribution is 0.102. The molecule has 3 heterocycles. The zero-order valence-corrected chi connectivity index (χ0v) is 13.5. The summed E-state index contributed by atoms with van der Waals surface area (Å²) >= 11 is 0. The number of benzene rings is 1. The van der Waals surface area contributed by atoms with E-state index in [0.29, 0.717) is 12.1 Å². The molecule has 0 aliphatic carbocycles. The molecule has 22 heavy (non-hydrogen) atoms. The first-order valence-electron chi connectivity index (χ1n) is 8.96. The largest absolute Gasteiger partial charge is 0.354 e. The van der Waals surface area contributed by atoms with E-state index in [1.165, 1.54) is 50.0 Å². The molecule has 1 N–H and O–H groups in total. The molecule has 0 radical (unpaired) electrons. The SMILES string of the molecule is CC1CC2CCCC3CC(CCc4ccccc4)N=C(N1)N32. The van der Waals surface area contributed by atoms with Gasteiger partial charge in [0.05, 0.1) is 6.04 Å². The monoisotopic (exact) mass is 297 g/mol. The number of nitrogens with one attached hydrogen (secondary N) is 1. The number of aliphatic imine (C=N–C) groups is 1. The summed E-state index contributed by atoms with van der Waals surface area (Å²) in [5.41, 5.74) is 1.44. The van der Waals surface area contributed by atoms with E-state index in [-0.39, 0.29) is 0 Å². The van der Waals surface area contributed by atoms with E-state index in [4.69, 9.17) is 4.99 Å². The van der Waals surface area contributed by atoms with Gasteiger partial charge in [-0.05, 0) is 57.4 Å². The summed E-state index contributed by atoms with van der Waals surface area (Å²) in [6.45, 7) is 2.30. The van der Waals surface area contributed by atoms with E-state index in [1.807, 2.05) is 0 Å². The average molecular weight is 297 g/mol. The van der Waals surface area contributed by atoms with Gasteiger partial charge in [-0.15, -0.1) is 0 Å². The highest BCUT2D eigenvalue weighted by Crippen LogP contribution is 2.34. The van der Waals surface area contributed by atoms with Crippen molar-refractivity contribution in [2.45, 2.75) is 76.0 Å². The van der Waals surface area contributed by atoms with Crippen molar-refractivity contribution in [3.63, 3.8) is 0 Å². The van der Waals surface area contributed by atoms with Crippen LogP contribution >= 0.6 is 0 Å². The molecule has 4 unspecified atom stereocenters. The maximum atomic E-state index is 5.08. The minimum atomic E-state index is 0.494. The predicted octanol–water partition coefficient (Wildman–Crippen LogP) is 3.35. The van der Waals surface area contributed by atoms with Gasteiger partial charge in [0, 0.05) is 18.1 Å². The molecule has 0 amide bonds. The Labute approximate surface area is 133 Å². The van der Waals surface area contributed by atoms with Gasteiger partial charge in [0.2, 0.25) is 0 Å². The van der Waals surface area contributed by atoms with Gasteiger partial charge in [0.15, 0.2) is 5.96 Å². The zero-order chi connectivity index (χ0) is 14.9. The summed E-state index contributed by atoms with van der Waals surface area (Å²) in [6.07, 6.45) is 8.97. The van der Waals surface area contributed by atoms with Crippen LogP contribution in [0.3, 0.4) is 0 Å². The van der Waals surface area contributed by atoms with Crippen LogP contribution < -0.4 is 5.32 Å². The van der Waals surface area contributed by atoms with Crippen LogP contribution in [0, 0.1) is 0 Å². The Morgan fingerprint density at radius 3 is 2.73 bits per heavy atom. The van der Waals surface area contributed by atoms with Gasteiger partial charge >= 0.3 is 0 Å². The molecule has 3 heteroatoms. The third kappa shape index (κ3) is 2.73. The Kier molecular flexibility index (Phi) is 3.81. The van der Waals surface area contributed by atoms with Crippen molar-refractivity contribution in [3.8, 4) is 0 Å². The van der Waals surface area contributed by atoms with Gasteiger partial charge in [-0.25, -0.2) is 4.99 Å². The van der Waals surface area contributed by atoms with Crippen molar-refractivity contribution in [2.75, 3.05) is 0 Å². The van der Waals surface area contributed by atoms with Crippen LogP contribution in [0.1, 0.15) is 51.0 Å². The van der Waals surface area contributed by atoms with Crippen molar-refractivity contribution in [2.24, 2.45) is 4.99 Å². The van der Waals surface area contributed by atoms with E-state index >= 15 is 0 Å². The second-order valence-electron chi connectivity index (χ2n) is 7.29. The molecular weight excluding hydrogens is 270 g/mol. The molecule has 118 valence electrons. The van der Waals surface area contributed by atoms with Crippen LogP contribution in [0.4, 0.5) is 0 Å². The smallest absolute Gasteiger partial charge is 0.194 e. The number of nitrogens with zero attached hydrogens (tertiary/aromatic N) is 2. The van der Waals surface area contributed by atoms with E-state index in [1.54, 1.807) is 0 Å². The summed E-state index contributed by atoms with van der Waals surface area (Å²) in [6, 6.07) is 13.4. The van der Waals surface area contributed by atoms with Gasteiger partial charge in [0.25, 0.3) is 0 Å². The van der Waals surface area contributed by atoms with Crippen molar-refractivity contribution in [3.05, 3.63) is 35.9 Å². The lowest BCUT2D eigenvalue weighted by Gasteiger charge is -2.52. The van der Waals surface area contributed by atoms with E-state index in [2.05, 4.69) is 47.5 Å². The molecule has 4 atom stereocenters. The van der Waals surface area contributed by atoms with Crippen LogP contribution in [0.25, 0.3) is 0 Å². The van der Waals surface area contributed by atoms with Crippen LogP contribution in [0.15, 0.2) is 35.3 Å². The average Bonchev–Trinajstić information content (AvgIpc) is 2.53. The maximum absolute atomic E-state index is 5.08. The molecule has 2 fully saturated rings. The summed E-state index contributed by atoms with van der Waals surface area (Å²) in [4.78, 5) is 7.71. The van der Waals surface area contributed by atoms with Crippen molar-refractivity contribution >= 4 is 5.96 Å². The Bertz CT molecular complexity index is 539. The molecule has 3 nitrogen and oxygen atoms in total. The fourth-order valence-corrected chi connectivity index (χ4v) is 4.54. The third-order valence-corrected chi connectivity index (χ3v) is 5.57. The summed E-state index contributed by atoms with van der Waals surface area (Å²) < 4.78 is 0. The minimum Gasteiger partial charge on any atom is -0.354 e. The summed E-state index contributed by atoms with van der Waals surface area (Å²) in [5, 5.41) is 3.65. The molecule has 0 spiro atoms. The first kappa shape index (κ1) is 14.1. The standard InChI is InChI=1S/C19H27N3/c1-14-12-17-8-5-9-18-13-16(21-19(20-14)22(17)18)11-10-15-6-3-2-4-7-15/h2-4,6-7,14,16-18H,5,8-13H2,1H3,(H,20,21). The Morgan fingerprint density at radius 2 is 1.91 bits per heavy atom. The normalized spacial score (nSPS) is 33.7. The molecule has 0 saturated carbocycles. The minimum absolute atomic E-state index is 0.494. The number of hydrogen-bond donors (Lipinski definition) is 1. The molecule has 4 rings (SSSR count). The Morgan fingerprint density at radius 1 is 1.14 bits per heavy atom. The van der Waals surface area contributed by atoms with Crippen LogP contribution in [-0.4, -0.2) is 35.0 Å². The van der Waals surface area contributed by atoms with Gasteiger partial charge in [0.1, 0.15) is 0 Å². The highest BCUT2D eigenvalue weighted by Gasteiger charge is 2.40. The quantitative estimate of drug-likeness (QED) is 0.926. The van der Waals surface area contributed by atoms with Crippen molar-refractivity contribution < 1.29 is 0 Å². The number of aryl methyl sites for hydroxylation is 1. The van der Waals surface area contributed by atoms with Crippen molar-refractivity contribution in [1.29, 1.82) is 0 Å². The first-order chi connectivity index (χ1) is 10.8. The van der Waals surface area contributed by atoms with Gasteiger partial charge in [-0.2, -0.15) is 0 Å². The number of piperidine rings is 1. The van der Waals surface area contributed by atoms with E-state index < -0.39 is 0 Å². The van der Waals surface area contributed by atoms with Gasteiger partial charge in [-0.3, -0.25) is 0 Å². The fourth-order valence-electron chi connectivity index (χ4n) is 4.54. The highest BCUT2D eigenvalue weighted by molar-refractivity contribution is 5.82. The molecule has 0 bridgehead atoms. The molecule has 3 aliphatic heterocycles. The lowest BCUT2D eigenvalue weighted by atomic mass is 9.85. The zero-order valence-electron chi connectivity index (χ0n) is 13.5. The highest BCUT2D eigenvalue weighted by atomic mass is 15.4. The Hall–Kier alpha value is -1.51. The fraction of sp³-hybridized carbons (Fsp3) is 0.632. The summed E-state index contributed by atoms with van der Waals surface area (Å²) in [5.74, 6) is 1.21. The summed E-state index contributed by atoms with van der Waals surface area (Å²) in [7, 11) is 0. The maximum Gasteiger partial charge on any atom is 0.194 e. The number of guanidine groups is 1. The van der Waals surface area contributed by atoms with Crippen LogP contribution in [-0.2, 0) is 6.42 Å². The number of hydrogen-bond acceptors (Lipinski definition) is 3. The van der Waals surface area contributed by atoms with Gasteiger partial charge in [-0.1, -0.05) is 30.3 Å². The second-order valence-corrected chi connectivity index (χ2v) is 7.29. The molecule has 0 aromatic heterocycles. The first-order valence-corrected chi connectivity index (χ1v) is 8.96. The molecular formula is C19H27N3. The molecule has 3 aliphatic rings.